The number of ether oxygens (including phenoxy) is 1. The third-order valence-corrected chi connectivity index (χ3v) is 4.41. The van der Waals surface area contributed by atoms with Gasteiger partial charge >= 0.3 is 5.82 Å². The minimum atomic E-state index is -0.427. The zero-order chi connectivity index (χ0) is 17.2. The highest BCUT2D eigenvalue weighted by atomic mass is 16.6. The lowest BCUT2D eigenvalue weighted by molar-refractivity contribution is -0.389. The lowest BCUT2D eigenvalue weighted by Crippen LogP contribution is -2.12. The van der Waals surface area contributed by atoms with Crippen molar-refractivity contribution in [3.63, 3.8) is 0 Å². The van der Waals surface area contributed by atoms with Crippen LogP contribution >= 0.6 is 0 Å². The molecule has 0 saturated carbocycles. The van der Waals surface area contributed by atoms with Crippen molar-refractivity contribution in [2.24, 2.45) is 0 Å². The average molecular weight is 338 g/mol. The van der Waals surface area contributed by atoms with Gasteiger partial charge in [-0.05, 0) is 53.5 Å². The molecular formula is C18H18N4O3. The summed E-state index contributed by atoms with van der Waals surface area (Å²) in [5.74, 6) is 1.04. The third-order valence-electron chi connectivity index (χ3n) is 4.41. The summed E-state index contributed by atoms with van der Waals surface area (Å²) in [7, 11) is 0. The predicted octanol–water partition coefficient (Wildman–Crippen LogP) is 3.22. The van der Waals surface area contributed by atoms with Crippen LogP contribution in [0.3, 0.4) is 0 Å². The fourth-order valence-corrected chi connectivity index (χ4v) is 3.25. The highest BCUT2D eigenvalue weighted by molar-refractivity contribution is 5.62. The Morgan fingerprint density at radius 3 is 3.00 bits per heavy atom. The minimum Gasteiger partial charge on any atom is -0.492 e. The van der Waals surface area contributed by atoms with E-state index in [1.54, 1.807) is 24.4 Å². The van der Waals surface area contributed by atoms with Gasteiger partial charge in [-0.3, -0.25) is 0 Å². The Kier molecular flexibility index (Phi) is 3.97. The monoisotopic (exact) mass is 338 g/mol. The number of anilines is 1. The first kappa shape index (κ1) is 15.4. The van der Waals surface area contributed by atoms with Gasteiger partial charge < -0.3 is 20.2 Å². The van der Waals surface area contributed by atoms with Crippen LogP contribution < -0.4 is 10.1 Å². The predicted molar refractivity (Wildman–Crippen MR) is 94.3 cm³/mol. The summed E-state index contributed by atoms with van der Waals surface area (Å²) in [4.78, 5) is 15.2. The van der Waals surface area contributed by atoms with Crippen LogP contribution in [0.15, 0.2) is 42.6 Å². The summed E-state index contributed by atoms with van der Waals surface area (Å²) in [6.07, 6.45) is 5.09. The van der Waals surface area contributed by atoms with Crippen LogP contribution in [-0.4, -0.2) is 27.5 Å². The van der Waals surface area contributed by atoms with E-state index in [0.717, 1.165) is 18.6 Å². The summed E-state index contributed by atoms with van der Waals surface area (Å²) in [5, 5.41) is 14.3. The molecule has 128 valence electrons. The van der Waals surface area contributed by atoms with E-state index in [1.165, 1.54) is 21.9 Å². The van der Waals surface area contributed by atoms with Crippen molar-refractivity contribution in [2.75, 3.05) is 18.5 Å². The molecule has 7 nitrogen and oxygen atoms in total. The van der Waals surface area contributed by atoms with Gasteiger partial charge in [0.25, 0.3) is 0 Å². The second-order valence-electron chi connectivity index (χ2n) is 6.03. The second kappa shape index (κ2) is 6.43. The molecule has 0 aliphatic heterocycles. The summed E-state index contributed by atoms with van der Waals surface area (Å²) in [5.41, 5.74) is 3.31. The fourth-order valence-electron chi connectivity index (χ4n) is 3.25. The van der Waals surface area contributed by atoms with Crippen LogP contribution in [0.25, 0.3) is 5.65 Å². The molecule has 25 heavy (non-hydrogen) atoms. The number of fused-ring (bicyclic) bond motifs is 2. The van der Waals surface area contributed by atoms with Gasteiger partial charge in [0.15, 0.2) is 0 Å². The molecule has 0 atom stereocenters. The lowest BCUT2D eigenvalue weighted by atomic mass is 10.1. The number of imidazole rings is 1. The second-order valence-corrected chi connectivity index (χ2v) is 6.03. The number of nitrogens with one attached hydrogen (secondary N) is 1. The number of benzene rings is 1. The van der Waals surface area contributed by atoms with Crippen molar-refractivity contribution in [3.05, 3.63) is 63.8 Å². The number of hydrogen-bond donors (Lipinski definition) is 1. The Bertz CT molecular complexity index is 935. The molecule has 1 aromatic carbocycles. The van der Waals surface area contributed by atoms with Crippen molar-refractivity contribution in [2.45, 2.75) is 19.3 Å². The molecule has 0 amide bonds. The number of nitro groups is 1. The van der Waals surface area contributed by atoms with E-state index in [-0.39, 0.29) is 11.6 Å². The van der Waals surface area contributed by atoms with Crippen LogP contribution in [0, 0.1) is 10.1 Å². The zero-order valence-corrected chi connectivity index (χ0v) is 13.6. The largest absolute Gasteiger partial charge is 0.492 e. The van der Waals surface area contributed by atoms with Crippen molar-refractivity contribution >= 4 is 17.3 Å². The summed E-state index contributed by atoms with van der Waals surface area (Å²) in [6.45, 7) is 0.839. The van der Waals surface area contributed by atoms with E-state index >= 15 is 0 Å². The maximum absolute atomic E-state index is 11.3. The molecule has 4 rings (SSSR count). The van der Waals surface area contributed by atoms with E-state index in [0.29, 0.717) is 18.8 Å². The quantitative estimate of drug-likeness (QED) is 0.424. The molecular weight excluding hydrogens is 320 g/mol. The van der Waals surface area contributed by atoms with Gasteiger partial charge in [0.2, 0.25) is 11.5 Å². The first-order valence-corrected chi connectivity index (χ1v) is 8.32. The molecule has 1 N–H and O–H groups in total. The molecule has 1 aliphatic rings. The summed E-state index contributed by atoms with van der Waals surface area (Å²) in [6, 6.07) is 11.5. The van der Waals surface area contributed by atoms with Gasteiger partial charge in [-0.1, -0.05) is 12.1 Å². The Morgan fingerprint density at radius 1 is 1.24 bits per heavy atom. The van der Waals surface area contributed by atoms with Crippen LogP contribution in [0.5, 0.6) is 5.75 Å². The third kappa shape index (κ3) is 3.00. The number of hydrogen-bond acceptors (Lipinski definition) is 5. The molecule has 0 bridgehead atoms. The highest BCUT2D eigenvalue weighted by Crippen LogP contribution is 2.27. The maximum atomic E-state index is 11.3. The van der Waals surface area contributed by atoms with Crippen LogP contribution in [0.2, 0.25) is 0 Å². The van der Waals surface area contributed by atoms with E-state index in [1.807, 2.05) is 6.07 Å². The molecule has 1 aliphatic carbocycles. The van der Waals surface area contributed by atoms with E-state index in [9.17, 15) is 10.1 Å². The number of rotatable bonds is 6. The minimum absolute atomic E-state index is 0.0619. The highest BCUT2D eigenvalue weighted by Gasteiger charge is 2.21. The lowest BCUT2D eigenvalue weighted by Gasteiger charge is -2.08. The van der Waals surface area contributed by atoms with Crippen LogP contribution in [-0.2, 0) is 12.8 Å². The number of aromatic nitrogens is 2. The number of aryl methyl sites for hydroxylation is 2. The SMILES string of the molecule is O=[N+]([O-])c1c(NCCOc2ccc3c(c2)CCC3)nc2ccccn12. The van der Waals surface area contributed by atoms with Crippen molar-refractivity contribution < 1.29 is 9.66 Å². The van der Waals surface area contributed by atoms with Crippen LogP contribution in [0.1, 0.15) is 17.5 Å². The van der Waals surface area contributed by atoms with E-state index in [2.05, 4.69) is 22.4 Å². The smallest absolute Gasteiger partial charge is 0.372 e. The molecule has 3 aromatic rings. The molecule has 0 fully saturated rings. The molecule has 0 radical (unpaired) electrons. The van der Waals surface area contributed by atoms with Gasteiger partial charge in [0.05, 0.1) is 12.7 Å². The molecule has 0 unspecified atom stereocenters. The Hall–Kier alpha value is -3.09. The van der Waals surface area contributed by atoms with Gasteiger partial charge in [-0.25, -0.2) is 0 Å². The fraction of sp³-hybridized carbons (Fsp3) is 0.278. The first-order chi connectivity index (χ1) is 12.2. The van der Waals surface area contributed by atoms with E-state index in [4.69, 9.17) is 4.74 Å². The Morgan fingerprint density at radius 2 is 2.12 bits per heavy atom. The van der Waals surface area contributed by atoms with E-state index < -0.39 is 4.92 Å². The van der Waals surface area contributed by atoms with Crippen molar-refractivity contribution in [1.82, 2.24) is 9.38 Å². The van der Waals surface area contributed by atoms with Gasteiger partial charge in [-0.15, -0.1) is 0 Å². The first-order valence-electron chi connectivity index (χ1n) is 8.32. The standard InChI is InChI=1S/C18H18N4O3/c23-22(24)18-17(20-16-6-1-2-10-21(16)18)19-9-11-25-15-8-7-13-4-3-5-14(13)12-15/h1-2,6-8,10,12,19H,3-5,9,11H2. The average Bonchev–Trinajstić information content (AvgIpc) is 3.22. The molecule has 2 aromatic heterocycles. The van der Waals surface area contributed by atoms with Gasteiger partial charge in [0, 0.05) is 6.07 Å². The number of pyridine rings is 1. The van der Waals surface area contributed by atoms with Gasteiger partial charge in [-0.2, -0.15) is 9.38 Å². The summed E-state index contributed by atoms with van der Waals surface area (Å²) >= 11 is 0. The molecule has 7 heteroatoms. The number of nitrogens with zero attached hydrogens (tertiary/aromatic N) is 3. The van der Waals surface area contributed by atoms with Crippen molar-refractivity contribution in [1.29, 1.82) is 0 Å². The molecule has 0 spiro atoms. The van der Waals surface area contributed by atoms with Crippen molar-refractivity contribution in [3.8, 4) is 5.75 Å². The molecule has 2 heterocycles. The maximum Gasteiger partial charge on any atom is 0.372 e. The molecule has 0 saturated heterocycles. The Labute approximate surface area is 144 Å². The Balaban J connectivity index is 1.41. The van der Waals surface area contributed by atoms with Crippen LogP contribution in [0.4, 0.5) is 11.6 Å². The normalized spacial score (nSPS) is 13.0. The zero-order valence-electron chi connectivity index (χ0n) is 13.6. The topological polar surface area (TPSA) is 81.7 Å². The summed E-state index contributed by atoms with van der Waals surface area (Å²) < 4.78 is 7.22. The van der Waals surface area contributed by atoms with Gasteiger partial charge in [0.1, 0.15) is 12.4 Å².